The third-order valence-electron chi connectivity index (χ3n) is 4.72. The lowest BCUT2D eigenvalue weighted by atomic mass is 9.96. The van der Waals surface area contributed by atoms with Gasteiger partial charge in [-0.25, -0.2) is 8.42 Å². The Morgan fingerprint density at radius 3 is 2.70 bits per heavy atom. The number of ether oxygens (including phenoxy) is 1. The number of carbonyl (C=O) groups excluding carboxylic acids is 2. The SMILES string of the molecule is C=CC(=O)N1CCCC(C(=O)NC(C)c2ccc(S(C)(=O)=O)c(OC)c2)C1. The van der Waals surface area contributed by atoms with Crippen LogP contribution in [0.15, 0.2) is 35.7 Å². The number of carbonyl (C=O) groups is 2. The molecule has 8 heteroatoms. The average Bonchev–Trinajstić information content (AvgIpc) is 2.65. The predicted octanol–water partition coefficient (Wildman–Crippen LogP) is 1.70. The first kappa shape index (κ1) is 21.0. The molecule has 27 heavy (non-hydrogen) atoms. The summed E-state index contributed by atoms with van der Waals surface area (Å²) in [6, 6.07) is 4.44. The van der Waals surface area contributed by atoms with E-state index in [1.165, 1.54) is 19.3 Å². The highest BCUT2D eigenvalue weighted by molar-refractivity contribution is 7.90. The number of nitrogens with zero attached hydrogens (tertiary/aromatic N) is 1. The molecular formula is C19H26N2O5S. The van der Waals surface area contributed by atoms with Crippen molar-refractivity contribution >= 4 is 21.7 Å². The zero-order valence-corrected chi connectivity index (χ0v) is 16.7. The van der Waals surface area contributed by atoms with Crippen LogP contribution in [0.3, 0.4) is 0 Å². The summed E-state index contributed by atoms with van der Waals surface area (Å²) >= 11 is 0. The Morgan fingerprint density at radius 2 is 2.11 bits per heavy atom. The maximum absolute atomic E-state index is 12.6. The highest BCUT2D eigenvalue weighted by atomic mass is 32.2. The Hall–Kier alpha value is -2.35. The molecule has 2 rings (SSSR count). The minimum Gasteiger partial charge on any atom is -0.495 e. The van der Waals surface area contributed by atoms with Crippen LogP contribution in [0.4, 0.5) is 0 Å². The van der Waals surface area contributed by atoms with Crippen molar-refractivity contribution in [3.8, 4) is 5.75 Å². The van der Waals surface area contributed by atoms with E-state index in [0.29, 0.717) is 13.1 Å². The quantitative estimate of drug-likeness (QED) is 0.742. The Kier molecular flexibility index (Phi) is 6.64. The maximum atomic E-state index is 12.6. The van der Waals surface area contributed by atoms with Crippen molar-refractivity contribution in [1.29, 1.82) is 0 Å². The number of amides is 2. The molecule has 1 N–H and O–H groups in total. The van der Waals surface area contributed by atoms with E-state index < -0.39 is 9.84 Å². The fourth-order valence-electron chi connectivity index (χ4n) is 3.19. The molecular weight excluding hydrogens is 368 g/mol. The van der Waals surface area contributed by atoms with E-state index in [1.54, 1.807) is 17.0 Å². The molecule has 0 spiro atoms. The number of sulfone groups is 1. The summed E-state index contributed by atoms with van der Waals surface area (Å²) < 4.78 is 28.8. The van der Waals surface area contributed by atoms with Gasteiger partial charge < -0.3 is 15.0 Å². The third kappa shape index (κ3) is 5.09. The summed E-state index contributed by atoms with van der Waals surface area (Å²) in [4.78, 5) is 26.1. The lowest BCUT2D eigenvalue weighted by Crippen LogP contribution is -2.45. The van der Waals surface area contributed by atoms with Gasteiger partial charge in [0.15, 0.2) is 9.84 Å². The standard InChI is InChI=1S/C19H26N2O5S/c1-5-18(22)21-10-6-7-15(12-21)19(23)20-13(2)14-8-9-17(27(4,24)25)16(11-14)26-3/h5,8-9,11,13,15H,1,6-7,10,12H2,2-4H3,(H,20,23). The van der Waals surface area contributed by atoms with E-state index in [0.717, 1.165) is 24.7 Å². The van der Waals surface area contributed by atoms with Crippen molar-refractivity contribution in [1.82, 2.24) is 10.2 Å². The Balaban J connectivity index is 2.10. The van der Waals surface area contributed by atoms with Gasteiger partial charge in [0.05, 0.1) is 19.1 Å². The molecule has 0 aromatic heterocycles. The van der Waals surface area contributed by atoms with Crippen LogP contribution in [0.2, 0.25) is 0 Å². The fraction of sp³-hybridized carbons (Fsp3) is 0.474. The van der Waals surface area contributed by atoms with Crippen LogP contribution in [-0.2, 0) is 19.4 Å². The normalized spacial score (nSPS) is 18.5. The van der Waals surface area contributed by atoms with Gasteiger partial charge >= 0.3 is 0 Å². The Labute approximate surface area is 160 Å². The van der Waals surface area contributed by atoms with Crippen LogP contribution >= 0.6 is 0 Å². The van der Waals surface area contributed by atoms with Crippen molar-refractivity contribution in [2.75, 3.05) is 26.5 Å². The van der Waals surface area contributed by atoms with Gasteiger partial charge in [-0.15, -0.1) is 0 Å². The van der Waals surface area contributed by atoms with Crippen molar-refractivity contribution in [2.24, 2.45) is 5.92 Å². The highest BCUT2D eigenvalue weighted by Crippen LogP contribution is 2.28. The fourth-order valence-corrected chi connectivity index (χ4v) is 4.02. The molecule has 1 aromatic rings. The number of hydrogen-bond donors (Lipinski definition) is 1. The second-order valence-electron chi connectivity index (χ2n) is 6.74. The third-order valence-corrected chi connectivity index (χ3v) is 5.86. The number of nitrogens with one attached hydrogen (secondary N) is 1. The minimum absolute atomic E-state index is 0.109. The van der Waals surface area contributed by atoms with Gasteiger partial charge in [-0.2, -0.15) is 0 Å². The molecule has 1 saturated heterocycles. The summed E-state index contributed by atoms with van der Waals surface area (Å²) in [5.41, 5.74) is 0.738. The van der Waals surface area contributed by atoms with Crippen molar-refractivity contribution in [2.45, 2.75) is 30.7 Å². The van der Waals surface area contributed by atoms with Gasteiger partial charge in [0.25, 0.3) is 0 Å². The van der Waals surface area contributed by atoms with Crippen LogP contribution in [0.25, 0.3) is 0 Å². The number of hydrogen-bond acceptors (Lipinski definition) is 5. The molecule has 2 atom stereocenters. The first-order valence-corrected chi connectivity index (χ1v) is 10.7. The molecule has 1 aliphatic heterocycles. The molecule has 1 aromatic carbocycles. The number of likely N-dealkylation sites (tertiary alicyclic amines) is 1. The summed E-state index contributed by atoms with van der Waals surface area (Å²) in [6.45, 7) is 6.32. The molecule has 1 aliphatic rings. The van der Waals surface area contributed by atoms with Gasteiger partial charge in [-0.3, -0.25) is 9.59 Å². The molecule has 0 bridgehead atoms. The molecule has 7 nitrogen and oxygen atoms in total. The number of rotatable bonds is 6. The lowest BCUT2D eigenvalue weighted by molar-refractivity contribution is -0.132. The molecule has 2 unspecified atom stereocenters. The molecule has 0 saturated carbocycles. The van der Waals surface area contributed by atoms with Gasteiger partial charge in [0, 0.05) is 19.3 Å². The van der Waals surface area contributed by atoms with Gasteiger partial charge in [-0.05, 0) is 43.5 Å². The first-order chi connectivity index (χ1) is 12.7. The number of methoxy groups -OCH3 is 1. The topological polar surface area (TPSA) is 92.8 Å². The predicted molar refractivity (Wildman–Crippen MR) is 102 cm³/mol. The van der Waals surface area contributed by atoms with Crippen LogP contribution in [0.5, 0.6) is 5.75 Å². The summed E-state index contributed by atoms with van der Waals surface area (Å²) in [5.74, 6) is -0.323. The molecule has 0 aliphatic carbocycles. The van der Waals surface area contributed by atoms with Crippen molar-refractivity contribution < 1.29 is 22.7 Å². The van der Waals surface area contributed by atoms with Crippen LogP contribution in [0, 0.1) is 5.92 Å². The van der Waals surface area contributed by atoms with E-state index in [4.69, 9.17) is 4.74 Å². The first-order valence-electron chi connectivity index (χ1n) is 8.77. The van der Waals surface area contributed by atoms with E-state index in [2.05, 4.69) is 11.9 Å². The zero-order valence-electron chi connectivity index (χ0n) is 15.9. The van der Waals surface area contributed by atoms with Crippen LogP contribution in [0.1, 0.15) is 31.4 Å². The lowest BCUT2D eigenvalue weighted by Gasteiger charge is -2.32. The van der Waals surface area contributed by atoms with Crippen molar-refractivity contribution in [3.05, 3.63) is 36.4 Å². The minimum atomic E-state index is -3.40. The molecule has 1 heterocycles. The summed E-state index contributed by atoms with van der Waals surface area (Å²) in [6.07, 6.45) is 3.87. The number of benzene rings is 1. The largest absolute Gasteiger partial charge is 0.495 e. The van der Waals surface area contributed by atoms with Gasteiger partial charge in [-0.1, -0.05) is 12.6 Å². The van der Waals surface area contributed by atoms with E-state index in [9.17, 15) is 18.0 Å². The second-order valence-corrected chi connectivity index (χ2v) is 8.72. The van der Waals surface area contributed by atoms with E-state index in [-0.39, 0.29) is 34.4 Å². The van der Waals surface area contributed by atoms with Crippen LogP contribution in [-0.4, -0.2) is 51.6 Å². The zero-order chi connectivity index (χ0) is 20.2. The molecule has 148 valence electrons. The molecule has 1 fully saturated rings. The monoisotopic (exact) mass is 394 g/mol. The molecule has 2 amide bonds. The average molecular weight is 394 g/mol. The highest BCUT2D eigenvalue weighted by Gasteiger charge is 2.28. The Bertz CT molecular complexity index is 835. The van der Waals surface area contributed by atoms with Crippen molar-refractivity contribution in [3.63, 3.8) is 0 Å². The van der Waals surface area contributed by atoms with Crippen LogP contribution < -0.4 is 10.1 Å². The summed E-state index contributed by atoms with van der Waals surface area (Å²) in [5, 5.41) is 2.95. The maximum Gasteiger partial charge on any atom is 0.245 e. The number of piperidine rings is 1. The summed E-state index contributed by atoms with van der Waals surface area (Å²) in [7, 11) is -2.00. The smallest absolute Gasteiger partial charge is 0.245 e. The van der Waals surface area contributed by atoms with E-state index >= 15 is 0 Å². The van der Waals surface area contributed by atoms with Gasteiger partial charge in [0.1, 0.15) is 10.6 Å². The van der Waals surface area contributed by atoms with E-state index in [1.807, 2.05) is 6.92 Å². The molecule has 0 radical (unpaired) electrons. The van der Waals surface area contributed by atoms with Gasteiger partial charge in [0.2, 0.25) is 11.8 Å². The second kappa shape index (κ2) is 8.56. The Morgan fingerprint density at radius 1 is 1.41 bits per heavy atom.